The summed E-state index contributed by atoms with van der Waals surface area (Å²) in [6.07, 6.45) is 3.70. The van der Waals surface area contributed by atoms with Crippen LogP contribution in [0.25, 0.3) is 0 Å². The van der Waals surface area contributed by atoms with Gasteiger partial charge in [-0.25, -0.2) is 0 Å². The van der Waals surface area contributed by atoms with Crippen molar-refractivity contribution >= 4 is 7.62 Å². The third-order valence-electron chi connectivity index (χ3n) is 2.00. The van der Waals surface area contributed by atoms with Crippen LogP contribution in [-0.4, -0.2) is 33.9 Å². The highest BCUT2D eigenvalue weighted by Gasteiger charge is 2.10. The van der Waals surface area contributed by atoms with Gasteiger partial charge in [0.2, 0.25) is 0 Å². The molecule has 11 heavy (non-hydrogen) atoms. The maximum absolute atomic E-state index is 4.83. The fourth-order valence-corrected chi connectivity index (χ4v) is 1.35. The van der Waals surface area contributed by atoms with Crippen LogP contribution in [0.1, 0.15) is 19.3 Å². The molecule has 1 atom stereocenters. The summed E-state index contributed by atoms with van der Waals surface area (Å²) in [4.78, 5) is 0. The lowest BCUT2D eigenvalue weighted by Gasteiger charge is -2.13. The summed E-state index contributed by atoms with van der Waals surface area (Å²) in [6, 6.07) is 0.602. The Morgan fingerprint density at radius 3 is 3.18 bits per heavy atom. The van der Waals surface area contributed by atoms with E-state index in [2.05, 4.69) is 10.5 Å². The summed E-state index contributed by atoms with van der Waals surface area (Å²) in [5.41, 5.74) is 0. The topological polar surface area (TPSA) is 33.3 Å². The lowest BCUT2D eigenvalue weighted by Crippen LogP contribution is -2.33. The van der Waals surface area contributed by atoms with Crippen LogP contribution in [0, 0.1) is 0 Å². The van der Waals surface area contributed by atoms with Crippen molar-refractivity contribution in [2.24, 2.45) is 0 Å². The molecule has 2 N–H and O–H groups in total. The average Bonchev–Trinajstić information content (AvgIpc) is 2.28. The lowest BCUT2D eigenvalue weighted by atomic mass is 10.1. The molecule has 1 radical (unpaired) electrons. The summed E-state index contributed by atoms with van der Waals surface area (Å²) in [7, 11) is 3.35. The van der Waals surface area contributed by atoms with Crippen molar-refractivity contribution in [1.29, 1.82) is 0 Å². The highest BCUT2D eigenvalue weighted by molar-refractivity contribution is 6.23. The van der Waals surface area contributed by atoms with E-state index in [0.717, 1.165) is 13.1 Å². The molecule has 0 aromatic carbocycles. The Morgan fingerprint density at radius 1 is 1.45 bits per heavy atom. The number of hydrogen-bond donors (Lipinski definition) is 2. The highest BCUT2D eigenvalue weighted by atomic mass is 16.4. The van der Waals surface area contributed by atoms with Crippen LogP contribution in [0.4, 0.5) is 0 Å². The van der Waals surface area contributed by atoms with E-state index in [0.29, 0.717) is 6.04 Å². The van der Waals surface area contributed by atoms with Crippen molar-refractivity contribution in [3.63, 3.8) is 0 Å². The molecule has 0 saturated carbocycles. The van der Waals surface area contributed by atoms with E-state index in [1.54, 1.807) is 14.7 Å². The van der Waals surface area contributed by atoms with E-state index in [9.17, 15) is 0 Å². The smallest absolute Gasteiger partial charge is 0.395 e. The van der Waals surface area contributed by atoms with Gasteiger partial charge in [0.15, 0.2) is 0 Å². The van der Waals surface area contributed by atoms with Crippen molar-refractivity contribution in [2.45, 2.75) is 25.3 Å². The van der Waals surface area contributed by atoms with E-state index in [1.165, 1.54) is 19.3 Å². The Labute approximate surface area is 69.2 Å². The van der Waals surface area contributed by atoms with Gasteiger partial charge in [-0.2, -0.15) is 0 Å². The molecular formula is C7H16BN2O. The Balaban J connectivity index is 2.09. The predicted molar refractivity (Wildman–Crippen MR) is 46.4 cm³/mol. The third kappa shape index (κ3) is 3.75. The number of nitrogens with one attached hydrogen (secondary N) is 2. The molecule has 3 nitrogen and oxygen atoms in total. The quantitative estimate of drug-likeness (QED) is 0.558. The summed E-state index contributed by atoms with van der Waals surface area (Å²) in [5.74, 6) is 0. The minimum absolute atomic E-state index is 0.602. The van der Waals surface area contributed by atoms with Crippen LogP contribution >= 0.6 is 0 Å². The Bertz CT molecular complexity index is 94.4. The van der Waals surface area contributed by atoms with Crippen LogP contribution in [-0.2, 0) is 4.65 Å². The molecule has 0 unspecified atom stereocenters. The molecule has 0 amide bonds. The largest absolute Gasteiger partial charge is 0.427 e. The first-order valence-corrected chi connectivity index (χ1v) is 4.24. The molecule has 1 fully saturated rings. The van der Waals surface area contributed by atoms with E-state index in [-0.39, 0.29) is 0 Å². The van der Waals surface area contributed by atoms with Gasteiger partial charge in [-0.15, -0.1) is 0 Å². The normalized spacial score (nSPS) is 26.1. The minimum atomic E-state index is 0.602. The number of hydrogen-bond acceptors (Lipinski definition) is 3. The zero-order chi connectivity index (χ0) is 7.94. The van der Waals surface area contributed by atoms with Crippen LogP contribution in [0.2, 0.25) is 0 Å². The van der Waals surface area contributed by atoms with Gasteiger partial charge in [0.05, 0.1) is 0 Å². The summed E-state index contributed by atoms with van der Waals surface area (Å²) < 4.78 is 4.83. The summed E-state index contributed by atoms with van der Waals surface area (Å²) >= 11 is 0. The zero-order valence-electron chi connectivity index (χ0n) is 7.10. The second-order valence-corrected chi connectivity index (χ2v) is 2.90. The van der Waals surface area contributed by atoms with Gasteiger partial charge in [0.1, 0.15) is 0 Å². The Hall–Kier alpha value is -0.0551. The van der Waals surface area contributed by atoms with Crippen molar-refractivity contribution in [2.75, 3.05) is 20.2 Å². The fraction of sp³-hybridized carbons (Fsp3) is 1.00. The maximum Gasteiger partial charge on any atom is 0.395 e. The molecule has 0 aliphatic carbocycles. The second-order valence-electron chi connectivity index (χ2n) is 2.90. The van der Waals surface area contributed by atoms with Gasteiger partial charge >= 0.3 is 7.62 Å². The van der Waals surface area contributed by atoms with Crippen molar-refractivity contribution in [1.82, 2.24) is 10.5 Å². The molecule has 1 rings (SSSR count). The summed E-state index contributed by atoms with van der Waals surface area (Å²) in [5, 5.41) is 6.58. The molecule has 0 spiro atoms. The molecule has 0 aromatic heterocycles. The van der Waals surface area contributed by atoms with E-state index >= 15 is 0 Å². The standard InChI is InChI=1S/C7H16BN2O/c1-11-8-10-7-3-2-5-9-6-4-7/h7,9-10H,2-6H2,1H3/t7-/m0/s1. The van der Waals surface area contributed by atoms with Crippen molar-refractivity contribution in [3.8, 4) is 0 Å². The van der Waals surface area contributed by atoms with E-state index in [1.807, 2.05) is 0 Å². The van der Waals surface area contributed by atoms with Crippen LogP contribution in [0.3, 0.4) is 0 Å². The molecule has 1 heterocycles. The summed E-state index contributed by atoms with van der Waals surface area (Å²) in [6.45, 7) is 2.28. The SMILES string of the molecule is CO[B]N[C@H]1CCCNCC1. The molecular weight excluding hydrogens is 139 g/mol. The van der Waals surface area contributed by atoms with Gasteiger partial charge in [0, 0.05) is 7.11 Å². The molecule has 1 aliphatic heterocycles. The zero-order valence-corrected chi connectivity index (χ0v) is 7.10. The van der Waals surface area contributed by atoms with Crippen molar-refractivity contribution < 1.29 is 4.65 Å². The van der Waals surface area contributed by atoms with Crippen LogP contribution in [0.15, 0.2) is 0 Å². The van der Waals surface area contributed by atoms with Gasteiger partial charge in [0.25, 0.3) is 0 Å². The van der Waals surface area contributed by atoms with Crippen LogP contribution in [0.5, 0.6) is 0 Å². The average molecular weight is 155 g/mol. The molecule has 63 valence electrons. The first kappa shape index (κ1) is 9.04. The molecule has 1 saturated heterocycles. The molecule has 4 heteroatoms. The Kier molecular flexibility index (Phi) is 4.58. The maximum atomic E-state index is 4.83. The van der Waals surface area contributed by atoms with Gasteiger partial charge in [-0.05, 0) is 38.4 Å². The molecule has 1 aliphatic rings. The van der Waals surface area contributed by atoms with Crippen LogP contribution < -0.4 is 10.5 Å². The van der Waals surface area contributed by atoms with Gasteiger partial charge in [-0.1, -0.05) is 0 Å². The number of rotatable bonds is 3. The van der Waals surface area contributed by atoms with E-state index < -0.39 is 0 Å². The lowest BCUT2D eigenvalue weighted by molar-refractivity contribution is 0.413. The monoisotopic (exact) mass is 155 g/mol. The first-order chi connectivity index (χ1) is 5.43. The second kappa shape index (κ2) is 5.58. The van der Waals surface area contributed by atoms with Gasteiger partial charge in [-0.3, -0.25) is 0 Å². The fourth-order valence-electron chi connectivity index (χ4n) is 1.35. The van der Waals surface area contributed by atoms with Crippen molar-refractivity contribution in [3.05, 3.63) is 0 Å². The molecule has 0 bridgehead atoms. The van der Waals surface area contributed by atoms with Gasteiger partial charge < -0.3 is 15.2 Å². The Morgan fingerprint density at radius 2 is 2.36 bits per heavy atom. The third-order valence-corrected chi connectivity index (χ3v) is 2.00. The van der Waals surface area contributed by atoms with E-state index in [4.69, 9.17) is 4.65 Å². The highest BCUT2D eigenvalue weighted by Crippen LogP contribution is 2.03. The molecule has 0 aromatic rings. The minimum Gasteiger partial charge on any atom is -0.427 e. The predicted octanol–water partition coefficient (Wildman–Crippen LogP) is -0.101. The first-order valence-electron chi connectivity index (χ1n) is 4.24.